The van der Waals surface area contributed by atoms with Gasteiger partial charge in [0.15, 0.2) is 0 Å². The number of likely N-dealkylation sites (tertiary alicyclic amines) is 1. The topological polar surface area (TPSA) is 47.5 Å². The van der Waals surface area contributed by atoms with Crippen LogP contribution in [0.3, 0.4) is 0 Å². The molecule has 1 aromatic rings. The van der Waals surface area contributed by atoms with E-state index in [-0.39, 0.29) is 5.41 Å². The van der Waals surface area contributed by atoms with Gasteiger partial charge in [-0.1, -0.05) is 49.6 Å². The van der Waals surface area contributed by atoms with Gasteiger partial charge in [0.05, 0.1) is 0 Å². The number of nitrogens with zero attached hydrogens (tertiary/aromatic N) is 1. The van der Waals surface area contributed by atoms with Crippen LogP contribution in [0.2, 0.25) is 0 Å². The second-order valence-electron chi connectivity index (χ2n) is 9.69. The summed E-state index contributed by atoms with van der Waals surface area (Å²) >= 11 is 0. The zero-order valence-corrected chi connectivity index (χ0v) is 17.4. The summed E-state index contributed by atoms with van der Waals surface area (Å²) in [6, 6.07) is 11.4. The molecular weight excluding hydrogens is 346 g/mol. The molecule has 2 saturated heterocycles. The van der Waals surface area contributed by atoms with Crippen molar-refractivity contribution in [3.63, 3.8) is 0 Å². The number of hydrogen-bond donors (Lipinski definition) is 3. The van der Waals surface area contributed by atoms with Crippen LogP contribution in [0, 0.1) is 17.3 Å². The van der Waals surface area contributed by atoms with Gasteiger partial charge in [0, 0.05) is 43.6 Å². The van der Waals surface area contributed by atoms with Crippen LogP contribution in [0.25, 0.3) is 0 Å². The fraction of sp³-hybridized carbons (Fsp3) is 0.750. The monoisotopic (exact) mass is 385 g/mol. The number of piperidine rings is 1. The Morgan fingerprint density at radius 2 is 1.89 bits per heavy atom. The molecule has 0 bridgehead atoms. The molecule has 4 heteroatoms. The van der Waals surface area contributed by atoms with Gasteiger partial charge in [0.1, 0.15) is 0 Å². The van der Waals surface area contributed by atoms with E-state index >= 15 is 0 Å². The molecule has 28 heavy (non-hydrogen) atoms. The summed E-state index contributed by atoms with van der Waals surface area (Å²) in [4.78, 5) is 2.67. The molecule has 0 aromatic heterocycles. The third kappa shape index (κ3) is 4.96. The third-order valence-electron chi connectivity index (χ3n) is 7.65. The highest BCUT2D eigenvalue weighted by Gasteiger charge is 2.39. The van der Waals surface area contributed by atoms with Crippen molar-refractivity contribution in [3.05, 3.63) is 35.9 Å². The lowest BCUT2D eigenvalue weighted by Gasteiger charge is -2.43. The molecule has 3 N–H and O–H groups in total. The smallest absolute Gasteiger partial charge is 0.0499 e. The van der Waals surface area contributed by atoms with Gasteiger partial charge in [0.2, 0.25) is 0 Å². The molecule has 4 rings (SSSR count). The Kier molecular flexibility index (Phi) is 7.05. The number of aliphatic hydroxyl groups is 1. The first-order chi connectivity index (χ1) is 13.8. The van der Waals surface area contributed by atoms with Gasteiger partial charge in [0.25, 0.3) is 0 Å². The Morgan fingerprint density at radius 1 is 1.07 bits per heavy atom. The Labute approximate surface area is 171 Å². The molecule has 0 spiro atoms. The molecule has 4 nitrogen and oxygen atoms in total. The van der Waals surface area contributed by atoms with Crippen molar-refractivity contribution in [2.45, 2.75) is 63.8 Å². The first-order valence-electron chi connectivity index (χ1n) is 11.6. The minimum absolute atomic E-state index is 0.0773. The summed E-state index contributed by atoms with van der Waals surface area (Å²) in [6.07, 6.45) is 11.6. The van der Waals surface area contributed by atoms with Gasteiger partial charge in [-0.25, -0.2) is 0 Å². The predicted molar refractivity (Wildman–Crippen MR) is 115 cm³/mol. The van der Waals surface area contributed by atoms with Gasteiger partial charge in [-0.15, -0.1) is 0 Å². The van der Waals surface area contributed by atoms with Crippen LogP contribution < -0.4 is 10.9 Å². The van der Waals surface area contributed by atoms with Crippen LogP contribution in [-0.2, 0) is 6.42 Å². The fourth-order valence-electron chi connectivity index (χ4n) is 5.99. The maximum absolute atomic E-state index is 10.3. The van der Waals surface area contributed by atoms with Crippen molar-refractivity contribution in [1.82, 2.24) is 15.8 Å². The lowest BCUT2D eigenvalue weighted by Crippen LogP contribution is -2.49. The Hall–Kier alpha value is -0.940. The highest BCUT2D eigenvalue weighted by Crippen LogP contribution is 2.36. The lowest BCUT2D eigenvalue weighted by atomic mass is 9.75. The zero-order valence-electron chi connectivity index (χ0n) is 17.4. The van der Waals surface area contributed by atoms with Crippen molar-refractivity contribution in [1.29, 1.82) is 0 Å². The first kappa shape index (κ1) is 20.3. The highest BCUT2D eigenvalue weighted by molar-refractivity contribution is 5.15. The summed E-state index contributed by atoms with van der Waals surface area (Å²) in [5.74, 6) is 1.55. The van der Waals surface area contributed by atoms with Crippen LogP contribution in [0.5, 0.6) is 0 Å². The van der Waals surface area contributed by atoms with E-state index in [1.165, 1.54) is 63.6 Å². The number of rotatable bonds is 7. The summed E-state index contributed by atoms with van der Waals surface area (Å²) in [6.45, 7) is 4.84. The average molecular weight is 386 g/mol. The molecule has 1 aromatic carbocycles. The summed E-state index contributed by atoms with van der Waals surface area (Å²) in [5, 5.41) is 10.3. The second-order valence-corrected chi connectivity index (χ2v) is 9.69. The lowest BCUT2D eigenvalue weighted by molar-refractivity contribution is 0.0176. The fourth-order valence-corrected chi connectivity index (χ4v) is 5.99. The van der Waals surface area contributed by atoms with Gasteiger partial charge in [-0.2, -0.15) is 0 Å². The van der Waals surface area contributed by atoms with Crippen LogP contribution in [-0.4, -0.2) is 48.8 Å². The summed E-state index contributed by atoms with van der Waals surface area (Å²) in [7, 11) is 0. The third-order valence-corrected chi connectivity index (χ3v) is 7.65. The molecule has 3 aliphatic rings. The van der Waals surface area contributed by atoms with Gasteiger partial charge in [-0.3, -0.25) is 10.9 Å². The van der Waals surface area contributed by atoms with Crippen molar-refractivity contribution >= 4 is 0 Å². The molecule has 156 valence electrons. The van der Waals surface area contributed by atoms with Crippen LogP contribution in [0.1, 0.15) is 56.9 Å². The van der Waals surface area contributed by atoms with E-state index < -0.39 is 0 Å². The standard InChI is InChI=1S/C24H39N3O/c28-19-24(14-12-20-8-3-1-4-9-20)13-7-15-27(18-24)17-22-16-25-26-23(22)21-10-5-2-6-11-21/h1,3-4,8-9,21-23,25-26,28H,2,5-7,10-19H2. The summed E-state index contributed by atoms with van der Waals surface area (Å²) < 4.78 is 0. The van der Waals surface area contributed by atoms with Gasteiger partial charge >= 0.3 is 0 Å². The van der Waals surface area contributed by atoms with E-state index in [4.69, 9.17) is 0 Å². The number of hydrogen-bond acceptors (Lipinski definition) is 4. The first-order valence-corrected chi connectivity index (χ1v) is 11.6. The number of aliphatic hydroxyl groups excluding tert-OH is 1. The molecule has 3 atom stereocenters. The normalized spacial score (nSPS) is 32.6. The number of benzene rings is 1. The molecular formula is C24H39N3O. The SMILES string of the molecule is OCC1(CCc2ccccc2)CCCN(CC2CNNC2C2CCCCC2)C1. The number of aryl methyl sites for hydroxylation is 1. The Bertz CT molecular complexity index is 589. The highest BCUT2D eigenvalue weighted by atomic mass is 16.3. The zero-order chi connectivity index (χ0) is 19.2. The van der Waals surface area contributed by atoms with E-state index in [1.54, 1.807) is 0 Å². The van der Waals surface area contributed by atoms with Crippen molar-refractivity contribution in [2.75, 3.05) is 32.8 Å². The van der Waals surface area contributed by atoms with E-state index in [9.17, 15) is 5.11 Å². The number of hydrazine groups is 1. The maximum atomic E-state index is 10.3. The van der Waals surface area contributed by atoms with E-state index in [0.717, 1.165) is 31.8 Å². The van der Waals surface area contributed by atoms with Crippen molar-refractivity contribution in [3.8, 4) is 0 Å². The maximum Gasteiger partial charge on any atom is 0.0499 e. The second kappa shape index (κ2) is 9.71. The van der Waals surface area contributed by atoms with Crippen LogP contribution in [0.4, 0.5) is 0 Å². The summed E-state index contributed by atoms with van der Waals surface area (Å²) in [5.41, 5.74) is 8.56. The molecule has 2 heterocycles. The quantitative estimate of drug-likeness (QED) is 0.674. The molecule has 1 aliphatic carbocycles. The Morgan fingerprint density at radius 3 is 2.68 bits per heavy atom. The van der Waals surface area contributed by atoms with Crippen molar-refractivity contribution < 1.29 is 5.11 Å². The van der Waals surface area contributed by atoms with Crippen LogP contribution >= 0.6 is 0 Å². The van der Waals surface area contributed by atoms with E-state index in [0.29, 0.717) is 18.6 Å². The molecule has 3 fully saturated rings. The molecule has 0 amide bonds. The number of nitrogens with one attached hydrogen (secondary N) is 2. The van der Waals surface area contributed by atoms with Crippen LogP contribution in [0.15, 0.2) is 30.3 Å². The van der Waals surface area contributed by atoms with Crippen molar-refractivity contribution in [2.24, 2.45) is 17.3 Å². The molecule has 1 saturated carbocycles. The Balaban J connectivity index is 1.34. The minimum atomic E-state index is 0.0773. The van der Waals surface area contributed by atoms with Gasteiger partial charge < -0.3 is 10.0 Å². The van der Waals surface area contributed by atoms with Gasteiger partial charge in [-0.05, 0) is 56.6 Å². The predicted octanol–water partition coefficient (Wildman–Crippen LogP) is 3.37. The molecule has 3 unspecified atom stereocenters. The minimum Gasteiger partial charge on any atom is -0.396 e. The average Bonchev–Trinajstić information content (AvgIpc) is 3.22. The molecule has 2 aliphatic heterocycles. The largest absolute Gasteiger partial charge is 0.396 e. The van der Waals surface area contributed by atoms with E-state index in [2.05, 4.69) is 46.1 Å². The van der Waals surface area contributed by atoms with E-state index in [1.807, 2.05) is 0 Å². The molecule has 0 radical (unpaired) electrons.